The summed E-state index contributed by atoms with van der Waals surface area (Å²) in [6.45, 7) is 6.61. The van der Waals surface area contributed by atoms with Gasteiger partial charge < -0.3 is 0 Å². The third kappa shape index (κ3) is 1.95. The van der Waals surface area contributed by atoms with Crippen LogP contribution in [0.1, 0.15) is 41.7 Å². The molecule has 3 aromatic rings. The normalized spacial score (nSPS) is 15.5. The fourth-order valence-electron chi connectivity index (χ4n) is 2.67. The van der Waals surface area contributed by atoms with Gasteiger partial charge in [-0.05, 0) is 42.5 Å². The van der Waals surface area contributed by atoms with E-state index in [1.54, 1.807) is 17.4 Å². The number of hydrogen-bond acceptors (Lipinski definition) is 2. The van der Waals surface area contributed by atoms with Crippen LogP contribution in [0.4, 0.5) is 0 Å². The van der Waals surface area contributed by atoms with Crippen LogP contribution < -0.4 is 0 Å². The summed E-state index contributed by atoms with van der Waals surface area (Å²) in [5, 5.41) is 2.20. The predicted molar refractivity (Wildman–Crippen MR) is 85.3 cm³/mol. The van der Waals surface area contributed by atoms with Gasteiger partial charge in [-0.15, -0.1) is 11.3 Å². The molecule has 1 aromatic carbocycles. The molecular formula is C17H19NS. The Kier molecular flexibility index (Phi) is 2.02. The van der Waals surface area contributed by atoms with Crippen molar-refractivity contribution >= 4 is 31.6 Å². The minimum atomic E-state index is -2.16. The monoisotopic (exact) mass is 272 g/mol. The topological polar surface area (TPSA) is 12.9 Å². The van der Waals surface area contributed by atoms with E-state index in [0.29, 0.717) is 0 Å². The van der Waals surface area contributed by atoms with Crippen molar-refractivity contribution in [1.29, 1.82) is 0 Å². The summed E-state index contributed by atoms with van der Waals surface area (Å²) in [5.41, 5.74) is 2.84. The summed E-state index contributed by atoms with van der Waals surface area (Å²) in [7, 11) is 0. The number of thiophene rings is 1. The third-order valence-electron chi connectivity index (χ3n) is 3.56. The highest BCUT2D eigenvalue weighted by molar-refractivity contribution is 7.25. The number of aryl methyl sites for hydroxylation is 2. The molecule has 0 saturated heterocycles. The zero-order chi connectivity index (χ0) is 16.3. The maximum absolute atomic E-state index is 7.52. The average Bonchev–Trinajstić information content (AvgIpc) is 2.75. The van der Waals surface area contributed by atoms with E-state index in [4.69, 9.17) is 4.11 Å². The number of pyridine rings is 1. The van der Waals surface area contributed by atoms with Crippen molar-refractivity contribution in [3.63, 3.8) is 0 Å². The molecule has 0 unspecified atom stereocenters. The Morgan fingerprint density at radius 1 is 1.11 bits per heavy atom. The van der Waals surface area contributed by atoms with Gasteiger partial charge in [-0.1, -0.05) is 32.9 Å². The van der Waals surface area contributed by atoms with Gasteiger partial charge in [-0.3, -0.25) is 0 Å². The first kappa shape index (κ1) is 9.49. The summed E-state index contributed by atoms with van der Waals surface area (Å²) >= 11 is 1.59. The van der Waals surface area contributed by atoms with E-state index in [2.05, 4.69) is 44.8 Å². The van der Waals surface area contributed by atoms with Gasteiger partial charge in [0.05, 0.1) is 0 Å². The Labute approximate surface area is 122 Å². The summed E-state index contributed by atoms with van der Waals surface area (Å²) < 4.78 is 23.8. The van der Waals surface area contributed by atoms with Crippen molar-refractivity contribution in [2.75, 3.05) is 0 Å². The molecule has 0 N–H and O–H groups in total. The first-order valence-corrected chi connectivity index (χ1v) is 7.24. The number of rotatable bonds is 0. The molecule has 2 heteroatoms. The van der Waals surface area contributed by atoms with Crippen LogP contribution in [0.25, 0.3) is 20.3 Å². The van der Waals surface area contributed by atoms with Gasteiger partial charge in [0.1, 0.15) is 4.83 Å². The molecule has 2 heterocycles. The zero-order valence-electron chi connectivity index (χ0n) is 14.7. The highest BCUT2D eigenvalue weighted by Crippen LogP contribution is 2.38. The molecule has 0 aliphatic heterocycles. The standard InChI is InChI=1S/C17H19NS/c1-10-6-7-13-12-8-9-14(17(3,4)5)11(2)15(12)19-16(13)18-10/h6-9H,1-5H3/i1D3. The number of nitrogens with zero attached hydrogens (tertiary/aromatic N) is 1. The molecule has 0 atom stereocenters. The van der Waals surface area contributed by atoms with Crippen LogP contribution in [0, 0.1) is 13.8 Å². The summed E-state index contributed by atoms with van der Waals surface area (Å²) in [5.74, 6) is 0. The zero-order valence-corrected chi connectivity index (χ0v) is 12.5. The quantitative estimate of drug-likeness (QED) is 0.536. The lowest BCUT2D eigenvalue weighted by atomic mass is 9.83. The molecule has 0 bridgehead atoms. The maximum Gasteiger partial charge on any atom is 0.124 e. The van der Waals surface area contributed by atoms with Crippen LogP contribution >= 0.6 is 11.3 Å². The number of benzene rings is 1. The largest absolute Gasteiger partial charge is 0.242 e. The van der Waals surface area contributed by atoms with E-state index in [1.807, 2.05) is 6.07 Å². The first-order valence-electron chi connectivity index (χ1n) is 7.93. The average molecular weight is 272 g/mol. The van der Waals surface area contributed by atoms with Crippen molar-refractivity contribution in [2.45, 2.75) is 40.0 Å². The highest BCUT2D eigenvalue weighted by Gasteiger charge is 2.19. The molecule has 0 aliphatic carbocycles. The first-order chi connectivity index (χ1) is 10.1. The number of aromatic nitrogens is 1. The van der Waals surface area contributed by atoms with Crippen molar-refractivity contribution in [3.05, 3.63) is 41.1 Å². The third-order valence-corrected chi connectivity index (χ3v) is 4.80. The lowest BCUT2D eigenvalue weighted by Crippen LogP contribution is -2.12. The van der Waals surface area contributed by atoms with Crippen LogP contribution in [-0.4, -0.2) is 4.98 Å². The Morgan fingerprint density at radius 2 is 1.84 bits per heavy atom. The van der Waals surface area contributed by atoms with Crippen molar-refractivity contribution in [2.24, 2.45) is 0 Å². The van der Waals surface area contributed by atoms with E-state index in [-0.39, 0.29) is 11.1 Å². The van der Waals surface area contributed by atoms with Gasteiger partial charge in [-0.25, -0.2) is 4.98 Å². The Balaban J connectivity index is 2.32. The van der Waals surface area contributed by atoms with Crippen LogP contribution in [0.15, 0.2) is 24.3 Å². The molecule has 1 nitrogen and oxygen atoms in total. The molecule has 0 saturated carbocycles. The fourth-order valence-corrected chi connectivity index (χ4v) is 3.84. The summed E-state index contributed by atoms with van der Waals surface area (Å²) in [6.07, 6.45) is 0. The molecule has 98 valence electrons. The highest BCUT2D eigenvalue weighted by atomic mass is 32.1. The van der Waals surface area contributed by atoms with Crippen LogP contribution in [-0.2, 0) is 5.41 Å². The van der Waals surface area contributed by atoms with E-state index in [9.17, 15) is 0 Å². The van der Waals surface area contributed by atoms with Crippen molar-refractivity contribution < 1.29 is 4.11 Å². The van der Waals surface area contributed by atoms with Crippen molar-refractivity contribution in [1.82, 2.24) is 4.98 Å². The molecule has 0 amide bonds. The lowest BCUT2D eigenvalue weighted by Gasteiger charge is -2.21. The van der Waals surface area contributed by atoms with E-state index in [1.165, 1.54) is 15.8 Å². The smallest absolute Gasteiger partial charge is 0.124 e. The number of hydrogen-bond donors (Lipinski definition) is 0. The minimum Gasteiger partial charge on any atom is -0.242 e. The molecule has 3 rings (SSSR count). The van der Waals surface area contributed by atoms with E-state index in [0.717, 1.165) is 15.6 Å². The van der Waals surface area contributed by atoms with E-state index >= 15 is 0 Å². The Hall–Kier alpha value is -1.41. The second-order valence-electron chi connectivity index (χ2n) is 6.02. The molecule has 0 spiro atoms. The van der Waals surface area contributed by atoms with Crippen LogP contribution in [0.2, 0.25) is 0 Å². The Bertz CT molecular complexity index is 869. The van der Waals surface area contributed by atoms with Gasteiger partial charge in [0.2, 0.25) is 0 Å². The van der Waals surface area contributed by atoms with Gasteiger partial charge >= 0.3 is 0 Å². The molecule has 19 heavy (non-hydrogen) atoms. The molecule has 0 radical (unpaired) electrons. The second-order valence-corrected chi connectivity index (χ2v) is 7.02. The fraction of sp³-hybridized carbons (Fsp3) is 0.353. The molecule has 0 aliphatic rings. The van der Waals surface area contributed by atoms with Gasteiger partial charge in [-0.2, -0.15) is 0 Å². The summed E-state index contributed by atoms with van der Waals surface area (Å²) in [6, 6.07) is 7.83. The second kappa shape index (κ2) is 4.04. The van der Waals surface area contributed by atoms with Crippen molar-refractivity contribution in [3.8, 4) is 0 Å². The lowest BCUT2D eigenvalue weighted by molar-refractivity contribution is 0.587. The molecular weight excluding hydrogens is 250 g/mol. The molecule has 0 fully saturated rings. The molecule has 2 aromatic heterocycles. The van der Waals surface area contributed by atoms with Gasteiger partial charge in [0.25, 0.3) is 0 Å². The van der Waals surface area contributed by atoms with Crippen LogP contribution in [0.5, 0.6) is 0 Å². The predicted octanol–water partition coefficient (Wildman–Crippen LogP) is 5.36. The van der Waals surface area contributed by atoms with Gasteiger partial charge in [0.15, 0.2) is 0 Å². The van der Waals surface area contributed by atoms with Gasteiger partial charge in [0, 0.05) is 25.3 Å². The SMILES string of the molecule is [2H]C([2H])([2H])c1ccc2c(n1)sc1c(C)c(C(C)(C)C)ccc12. The minimum absolute atomic E-state index is 0.0890. The number of fused-ring (bicyclic) bond motifs is 3. The van der Waals surface area contributed by atoms with Crippen LogP contribution in [0.3, 0.4) is 0 Å². The summed E-state index contributed by atoms with van der Waals surface area (Å²) in [4.78, 5) is 5.18. The Morgan fingerprint density at radius 3 is 2.53 bits per heavy atom. The maximum atomic E-state index is 7.52. The van der Waals surface area contributed by atoms with E-state index < -0.39 is 6.85 Å².